The molecule has 5 nitrogen and oxygen atoms in total. The van der Waals surface area contributed by atoms with Crippen molar-refractivity contribution in [2.24, 2.45) is 5.41 Å². The number of alkyl carbamates (subject to hydrolysis) is 1. The maximum Gasteiger partial charge on any atom is 0.407 e. The van der Waals surface area contributed by atoms with E-state index in [1.165, 1.54) is 64.2 Å². The summed E-state index contributed by atoms with van der Waals surface area (Å²) in [6, 6.07) is -0.625. The van der Waals surface area contributed by atoms with E-state index in [0.29, 0.717) is 19.6 Å². The summed E-state index contributed by atoms with van der Waals surface area (Å²) in [5.41, 5.74) is -0.104. The molecule has 0 spiro atoms. The van der Waals surface area contributed by atoms with Gasteiger partial charge in [-0.25, -0.2) is 9.59 Å². The van der Waals surface area contributed by atoms with E-state index < -0.39 is 12.1 Å². The summed E-state index contributed by atoms with van der Waals surface area (Å²) < 4.78 is 10.6. The lowest BCUT2D eigenvalue weighted by Gasteiger charge is -2.20. The van der Waals surface area contributed by atoms with Crippen LogP contribution in [0.1, 0.15) is 125 Å². The molecular weight excluding hydrogens is 378 g/mol. The molecule has 0 aromatic rings. The van der Waals surface area contributed by atoms with Gasteiger partial charge in [-0.05, 0) is 18.3 Å². The second-order valence-electron chi connectivity index (χ2n) is 9.68. The molecule has 0 rings (SSSR count). The average Bonchev–Trinajstić information content (AvgIpc) is 2.69. The highest BCUT2D eigenvalue weighted by Gasteiger charge is 2.23. The van der Waals surface area contributed by atoms with Crippen molar-refractivity contribution < 1.29 is 19.1 Å². The number of esters is 1. The van der Waals surface area contributed by atoms with E-state index in [1.807, 2.05) is 27.7 Å². The number of hydrogen-bond acceptors (Lipinski definition) is 4. The smallest absolute Gasteiger partial charge is 0.407 e. The van der Waals surface area contributed by atoms with Gasteiger partial charge in [-0.2, -0.15) is 0 Å². The number of hydrogen-bond donors (Lipinski definition) is 1. The highest BCUT2D eigenvalue weighted by molar-refractivity contribution is 5.81. The number of amides is 1. The number of ether oxygens (including phenoxy) is 2. The molecule has 0 aromatic carbocycles. The normalized spacial score (nSPS) is 12.4. The monoisotopic (exact) mass is 427 g/mol. The molecule has 0 heterocycles. The number of unbranched alkanes of at least 4 members (excludes halogenated alkanes) is 11. The number of carbonyl (C=O) groups is 2. The van der Waals surface area contributed by atoms with Gasteiger partial charge in [0.2, 0.25) is 0 Å². The highest BCUT2D eigenvalue weighted by atomic mass is 16.6. The van der Waals surface area contributed by atoms with E-state index in [9.17, 15) is 9.59 Å². The summed E-state index contributed by atoms with van der Waals surface area (Å²) in [5.74, 6) is -0.354. The maximum absolute atomic E-state index is 12.3. The van der Waals surface area contributed by atoms with Crippen LogP contribution in [-0.4, -0.2) is 31.3 Å². The first-order valence-corrected chi connectivity index (χ1v) is 12.4. The fourth-order valence-corrected chi connectivity index (χ4v) is 3.22. The lowest BCUT2D eigenvalue weighted by atomic mass is 9.99. The van der Waals surface area contributed by atoms with Crippen LogP contribution in [0.15, 0.2) is 0 Å². The zero-order chi connectivity index (χ0) is 22.7. The van der Waals surface area contributed by atoms with Crippen molar-refractivity contribution in [2.45, 2.75) is 131 Å². The quantitative estimate of drug-likeness (QED) is 0.186. The van der Waals surface area contributed by atoms with Crippen molar-refractivity contribution in [3.8, 4) is 0 Å². The Morgan fingerprint density at radius 2 is 1.23 bits per heavy atom. The van der Waals surface area contributed by atoms with Crippen LogP contribution in [0.2, 0.25) is 0 Å². The number of nitrogens with one attached hydrogen (secondary N) is 1. The minimum Gasteiger partial charge on any atom is -0.464 e. The third-order valence-corrected chi connectivity index (χ3v) is 5.03. The van der Waals surface area contributed by atoms with Gasteiger partial charge in [0.1, 0.15) is 6.04 Å². The minimum atomic E-state index is -0.625. The minimum absolute atomic E-state index is 0.104. The standard InChI is InChI=1S/C25H49NO4/c1-6-8-9-10-11-12-13-14-15-16-17-18-20-29-23(27)22(19-7-2)26-24(28)30-21-25(3,4)5/h22H,6-21H2,1-5H3,(H,26,28). The Morgan fingerprint density at radius 1 is 0.733 bits per heavy atom. The van der Waals surface area contributed by atoms with Gasteiger partial charge in [0.25, 0.3) is 0 Å². The van der Waals surface area contributed by atoms with Crippen LogP contribution < -0.4 is 5.32 Å². The van der Waals surface area contributed by atoms with E-state index >= 15 is 0 Å². The summed E-state index contributed by atoms with van der Waals surface area (Å²) in [5, 5.41) is 2.65. The van der Waals surface area contributed by atoms with Gasteiger partial charge in [0.15, 0.2) is 0 Å². The van der Waals surface area contributed by atoms with Crippen molar-refractivity contribution in [1.82, 2.24) is 5.32 Å². The van der Waals surface area contributed by atoms with Crippen LogP contribution >= 0.6 is 0 Å². The van der Waals surface area contributed by atoms with Crippen molar-refractivity contribution in [1.29, 1.82) is 0 Å². The molecule has 30 heavy (non-hydrogen) atoms. The third-order valence-electron chi connectivity index (χ3n) is 5.03. The third kappa shape index (κ3) is 18.7. The predicted octanol–water partition coefficient (Wildman–Crippen LogP) is 7.17. The molecule has 0 aliphatic rings. The van der Waals surface area contributed by atoms with E-state index in [-0.39, 0.29) is 11.4 Å². The van der Waals surface area contributed by atoms with Crippen LogP contribution in [0.4, 0.5) is 4.79 Å². The lowest BCUT2D eigenvalue weighted by molar-refractivity contribution is -0.146. The highest BCUT2D eigenvalue weighted by Crippen LogP contribution is 2.14. The van der Waals surface area contributed by atoms with Crippen LogP contribution in [0, 0.1) is 5.41 Å². The second-order valence-corrected chi connectivity index (χ2v) is 9.68. The van der Waals surface area contributed by atoms with Gasteiger partial charge in [0, 0.05) is 0 Å². The maximum atomic E-state index is 12.3. The molecule has 1 unspecified atom stereocenters. The van der Waals surface area contributed by atoms with E-state index in [2.05, 4.69) is 12.2 Å². The molecule has 1 N–H and O–H groups in total. The summed E-state index contributed by atoms with van der Waals surface area (Å²) in [4.78, 5) is 24.2. The Kier molecular flexibility index (Phi) is 17.7. The Balaban J connectivity index is 3.76. The van der Waals surface area contributed by atoms with Crippen molar-refractivity contribution in [2.75, 3.05) is 13.2 Å². The first-order chi connectivity index (χ1) is 14.3. The summed E-state index contributed by atoms with van der Waals surface area (Å²) in [6.07, 6.45) is 16.1. The average molecular weight is 428 g/mol. The molecule has 0 aliphatic heterocycles. The second kappa shape index (κ2) is 18.5. The van der Waals surface area contributed by atoms with Gasteiger partial charge >= 0.3 is 12.1 Å². The number of carbonyl (C=O) groups excluding carboxylic acids is 2. The van der Waals surface area contributed by atoms with Gasteiger partial charge < -0.3 is 14.8 Å². The first kappa shape index (κ1) is 28.7. The van der Waals surface area contributed by atoms with Crippen molar-refractivity contribution >= 4 is 12.1 Å². The molecule has 0 aliphatic carbocycles. The Labute approximate surface area is 186 Å². The topological polar surface area (TPSA) is 64.6 Å². The summed E-state index contributed by atoms with van der Waals surface area (Å²) in [7, 11) is 0. The zero-order valence-electron chi connectivity index (χ0n) is 20.5. The fourth-order valence-electron chi connectivity index (χ4n) is 3.22. The van der Waals surface area contributed by atoms with Crippen LogP contribution in [0.3, 0.4) is 0 Å². The Bertz CT molecular complexity index is 431. The lowest BCUT2D eigenvalue weighted by Crippen LogP contribution is -2.42. The van der Waals surface area contributed by atoms with Crippen molar-refractivity contribution in [3.05, 3.63) is 0 Å². The largest absolute Gasteiger partial charge is 0.464 e. The molecular formula is C25H49NO4. The molecule has 0 saturated carbocycles. The molecule has 1 atom stereocenters. The summed E-state index contributed by atoms with van der Waals surface area (Å²) in [6.45, 7) is 11.0. The SMILES string of the molecule is CCCCCCCCCCCCCCOC(=O)C(CCC)NC(=O)OCC(C)(C)C. The molecule has 0 fully saturated rings. The fraction of sp³-hybridized carbons (Fsp3) is 0.920. The zero-order valence-corrected chi connectivity index (χ0v) is 20.5. The predicted molar refractivity (Wildman–Crippen MR) is 125 cm³/mol. The van der Waals surface area contributed by atoms with Crippen molar-refractivity contribution in [3.63, 3.8) is 0 Å². The molecule has 0 aromatic heterocycles. The van der Waals surface area contributed by atoms with Gasteiger partial charge in [-0.3, -0.25) is 0 Å². The van der Waals surface area contributed by atoms with Crippen LogP contribution in [0.5, 0.6) is 0 Å². The molecule has 0 bridgehead atoms. The van der Waals surface area contributed by atoms with E-state index in [1.54, 1.807) is 0 Å². The summed E-state index contributed by atoms with van der Waals surface area (Å²) >= 11 is 0. The molecule has 0 radical (unpaired) electrons. The molecule has 0 saturated heterocycles. The Morgan fingerprint density at radius 3 is 1.70 bits per heavy atom. The molecule has 5 heteroatoms. The van der Waals surface area contributed by atoms with E-state index in [4.69, 9.17) is 9.47 Å². The van der Waals surface area contributed by atoms with E-state index in [0.717, 1.165) is 19.3 Å². The molecule has 1 amide bonds. The Hall–Kier alpha value is -1.26. The van der Waals surface area contributed by atoms with Gasteiger partial charge in [-0.1, -0.05) is 112 Å². The first-order valence-electron chi connectivity index (χ1n) is 12.4. The molecule has 178 valence electrons. The van der Waals surface area contributed by atoms with Crippen LogP contribution in [0.25, 0.3) is 0 Å². The van der Waals surface area contributed by atoms with Gasteiger partial charge in [0.05, 0.1) is 13.2 Å². The van der Waals surface area contributed by atoms with Gasteiger partial charge in [-0.15, -0.1) is 0 Å². The van der Waals surface area contributed by atoms with Crippen LogP contribution in [-0.2, 0) is 14.3 Å². The number of rotatable bonds is 18.